The smallest absolute Gasteiger partial charge is 0.422 e. The van der Waals surface area contributed by atoms with E-state index in [0.717, 1.165) is 9.80 Å². The third kappa shape index (κ3) is 7.91. The molecule has 0 saturated carbocycles. The molecule has 1 aliphatic heterocycles. The lowest BCUT2D eigenvalue weighted by Crippen LogP contribution is -2.48. The highest BCUT2D eigenvalue weighted by atomic mass is 19.4. The van der Waals surface area contributed by atoms with Crippen LogP contribution in [-0.4, -0.2) is 56.7 Å². The molecule has 44 heavy (non-hydrogen) atoms. The lowest BCUT2D eigenvalue weighted by atomic mass is 9.90. The minimum absolute atomic E-state index is 0.0168. The molecule has 3 rings (SSSR count). The maximum Gasteiger partial charge on any atom is 0.422 e. The van der Waals surface area contributed by atoms with Gasteiger partial charge in [0.1, 0.15) is 0 Å². The molecule has 8 nitrogen and oxygen atoms in total. The highest BCUT2D eigenvalue weighted by molar-refractivity contribution is 5.91. The third-order valence-corrected chi connectivity index (χ3v) is 6.59. The number of carbonyl (C=O) groups is 2. The summed E-state index contributed by atoms with van der Waals surface area (Å²) < 4.78 is 140. The number of fused-ring (bicyclic) bond motifs is 1. The van der Waals surface area contributed by atoms with Crippen LogP contribution in [0.25, 0.3) is 0 Å². The minimum atomic E-state index is -5.15. The zero-order valence-electron chi connectivity index (χ0n) is 23.6. The largest absolute Gasteiger partial charge is 0.493 e. The number of ether oxygens (including phenoxy) is 4. The van der Waals surface area contributed by atoms with Crippen LogP contribution in [0.3, 0.4) is 0 Å². The first kappa shape index (κ1) is 34.4. The van der Waals surface area contributed by atoms with Crippen molar-refractivity contribution in [3.05, 3.63) is 52.6 Å². The molecule has 1 aliphatic rings. The Bertz CT molecular complexity index is 1330. The van der Waals surface area contributed by atoms with E-state index in [0.29, 0.717) is 12.1 Å². The van der Waals surface area contributed by atoms with Crippen molar-refractivity contribution in [3.8, 4) is 11.5 Å². The second-order valence-electron chi connectivity index (χ2n) is 9.65. The summed E-state index contributed by atoms with van der Waals surface area (Å²) in [5.74, 6) is 0.0553. The maximum absolute atomic E-state index is 13.5. The highest BCUT2D eigenvalue weighted by Crippen LogP contribution is 2.47. The fourth-order valence-corrected chi connectivity index (χ4v) is 4.75. The van der Waals surface area contributed by atoms with Crippen LogP contribution in [0.1, 0.15) is 48.6 Å². The predicted octanol–water partition coefficient (Wildman–Crippen LogP) is 7.74. The third-order valence-electron chi connectivity index (χ3n) is 6.59. The number of benzene rings is 2. The summed E-state index contributed by atoms with van der Waals surface area (Å²) in [4.78, 5) is 27.8. The number of hydrogen-bond acceptors (Lipinski definition) is 6. The predicted molar refractivity (Wildman–Crippen MR) is 135 cm³/mol. The van der Waals surface area contributed by atoms with E-state index < -0.39 is 72.6 Å². The van der Waals surface area contributed by atoms with Crippen LogP contribution in [0.15, 0.2) is 30.3 Å². The summed E-state index contributed by atoms with van der Waals surface area (Å²) >= 11 is 0. The number of amides is 2. The molecule has 2 aromatic rings. The molecular weight excluding hydrogens is 619 g/mol. The van der Waals surface area contributed by atoms with Gasteiger partial charge in [0, 0.05) is 24.2 Å². The van der Waals surface area contributed by atoms with E-state index in [-0.39, 0.29) is 41.8 Å². The zero-order valence-corrected chi connectivity index (χ0v) is 23.6. The van der Waals surface area contributed by atoms with Crippen LogP contribution in [0.2, 0.25) is 0 Å². The summed E-state index contributed by atoms with van der Waals surface area (Å²) in [5, 5.41) is 0. The van der Waals surface area contributed by atoms with Crippen LogP contribution in [0.4, 0.5) is 54.8 Å². The Kier molecular flexibility index (Phi) is 10.1. The van der Waals surface area contributed by atoms with E-state index in [1.807, 2.05) is 0 Å². The number of anilines is 1. The monoisotopic (exact) mass is 646 g/mol. The lowest BCUT2D eigenvalue weighted by Gasteiger charge is -2.43. The van der Waals surface area contributed by atoms with Gasteiger partial charge in [-0.3, -0.25) is 9.80 Å². The molecule has 2 amide bonds. The molecule has 244 valence electrons. The summed E-state index contributed by atoms with van der Waals surface area (Å²) in [5.41, 5.74) is -3.81. The number of carbonyl (C=O) groups excluding carboxylic acids is 2. The number of nitrogens with zero attached hydrogens (tertiary/aromatic N) is 2. The number of methoxy groups -OCH3 is 2. The van der Waals surface area contributed by atoms with Crippen molar-refractivity contribution in [2.45, 2.75) is 57.4 Å². The molecule has 0 fully saturated rings. The highest BCUT2D eigenvalue weighted by Gasteiger charge is 2.42. The van der Waals surface area contributed by atoms with Gasteiger partial charge in [0.25, 0.3) is 0 Å². The molecule has 0 unspecified atom stereocenters. The minimum Gasteiger partial charge on any atom is -0.493 e. The molecule has 0 radical (unpaired) electrons. The van der Waals surface area contributed by atoms with Gasteiger partial charge in [-0.1, -0.05) is 0 Å². The number of hydrogen-bond donors (Lipinski definition) is 0. The van der Waals surface area contributed by atoms with Crippen molar-refractivity contribution < 1.29 is 68.1 Å². The molecular formula is C27H27F9N2O6. The summed E-state index contributed by atoms with van der Waals surface area (Å²) in [6.07, 6.45) is -17.9. The van der Waals surface area contributed by atoms with Crippen LogP contribution in [0.5, 0.6) is 11.5 Å². The van der Waals surface area contributed by atoms with Gasteiger partial charge in [0.05, 0.1) is 43.7 Å². The van der Waals surface area contributed by atoms with Gasteiger partial charge in [0.15, 0.2) is 18.1 Å². The first-order chi connectivity index (χ1) is 20.3. The Morgan fingerprint density at radius 2 is 1.41 bits per heavy atom. The van der Waals surface area contributed by atoms with Crippen molar-refractivity contribution in [2.75, 3.05) is 32.3 Å². The average Bonchev–Trinajstić information content (AvgIpc) is 2.92. The summed E-state index contributed by atoms with van der Waals surface area (Å²) in [7, 11) is 2.47. The Labute approximate surface area is 245 Å². The van der Waals surface area contributed by atoms with Gasteiger partial charge in [-0.2, -0.15) is 39.5 Å². The quantitative estimate of drug-likeness (QED) is 0.287. The van der Waals surface area contributed by atoms with Gasteiger partial charge in [0.2, 0.25) is 0 Å². The van der Waals surface area contributed by atoms with E-state index in [9.17, 15) is 49.1 Å². The normalized spacial score (nSPS) is 17.1. The molecule has 2 atom stereocenters. The molecule has 0 aromatic heterocycles. The Balaban J connectivity index is 2.20. The fraction of sp³-hybridized carbons (Fsp3) is 0.481. The van der Waals surface area contributed by atoms with Crippen molar-refractivity contribution in [1.82, 2.24) is 4.90 Å². The second kappa shape index (κ2) is 12.9. The van der Waals surface area contributed by atoms with E-state index in [1.165, 1.54) is 40.2 Å². The molecule has 0 saturated heterocycles. The van der Waals surface area contributed by atoms with E-state index >= 15 is 0 Å². The molecule has 2 aromatic carbocycles. The second-order valence-corrected chi connectivity index (χ2v) is 9.65. The Hall–Kier alpha value is -4.05. The maximum atomic E-state index is 13.5. The zero-order chi connectivity index (χ0) is 33.2. The Morgan fingerprint density at radius 1 is 0.864 bits per heavy atom. The van der Waals surface area contributed by atoms with E-state index in [2.05, 4.69) is 4.74 Å². The molecule has 0 N–H and O–H groups in total. The van der Waals surface area contributed by atoms with E-state index in [1.54, 1.807) is 0 Å². The van der Waals surface area contributed by atoms with Gasteiger partial charge in [-0.05, 0) is 50.1 Å². The molecule has 0 aliphatic carbocycles. The van der Waals surface area contributed by atoms with Crippen LogP contribution in [0, 0.1) is 0 Å². The lowest BCUT2D eigenvalue weighted by molar-refractivity contribution is -0.159. The van der Waals surface area contributed by atoms with E-state index in [4.69, 9.17) is 14.2 Å². The van der Waals surface area contributed by atoms with Crippen LogP contribution in [-0.2, 0) is 28.4 Å². The first-order valence-corrected chi connectivity index (χ1v) is 12.8. The summed E-state index contributed by atoms with van der Waals surface area (Å²) in [6.45, 7) is -0.117. The SMILES string of the molecule is CCOC(=O)N(Cc1cc(C(F)(F)F)cc(C(F)(F)F)c1)[C@H]1C[C@@H](C)N(C(=O)OCC(F)(F)F)c2cc(OC)c(OC)cc21. The molecule has 0 spiro atoms. The van der Waals surface area contributed by atoms with Crippen molar-refractivity contribution in [2.24, 2.45) is 0 Å². The Morgan fingerprint density at radius 3 is 1.89 bits per heavy atom. The molecule has 0 bridgehead atoms. The average molecular weight is 647 g/mol. The van der Waals surface area contributed by atoms with Crippen LogP contribution < -0.4 is 14.4 Å². The number of rotatable bonds is 7. The topological polar surface area (TPSA) is 77.5 Å². The van der Waals surface area contributed by atoms with Gasteiger partial charge >= 0.3 is 30.7 Å². The van der Waals surface area contributed by atoms with Gasteiger partial charge in [-0.15, -0.1) is 0 Å². The van der Waals surface area contributed by atoms with Gasteiger partial charge in [-0.25, -0.2) is 9.59 Å². The standard InChI is InChI=1S/C27H27F9N2O6/c1-5-43-23(39)37(12-15-7-16(26(31,32)33)9-17(8-15)27(34,35)36)19-6-14(2)38(24(40)44-13-25(28,29)30)20-11-22(42-4)21(41-3)10-18(19)20/h7-11,14,19H,5-6,12-13H2,1-4H3/t14-,19+/m1/s1. The molecule has 17 heteroatoms. The number of halogens is 9. The number of alkyl halides is 9. The fourth-order valence-electron chi connectivity index (χ4n) is 4.75. The van der Waals surface area contributed by atoms with Crippen molar-refractivity contribution in [1.29, 1.82) is 0 Å². The van der Waals surface area contributed by atoms with Crippen LogP contribution >= 0.6 is 0 Å². The van der Waals surface area contributed by atoms with Crippen molar-refractivity contribution >= 4 is 17.9 Å². The molecule has 1 heterocycles. The van der Waals surface area contributed by atoms with Gasteiger partial charge < -0.3 is 18.9 Å². The first-order valence-electron chi connectivity index (χ1n) is 12.8. The van der Waals surface area contributed by atoms with Crippen molar-refractivity contribution in [3.63, 3.8) is 0 Å². The summed E-state index contributed by atoms with van der Waals surface area (Å²) in [6, 6.07) is 1.19.